The van der Waals surface area contributed by atoms with Crippen molar-refractivity contribution in [2.45, 2.75) is 22.3 Å². The Morgan fingerprint density at radius 2 is 1.50 bits per heavy atom. The van der Waals surface area contributed by atoms with Gasteiger partial charge in [-0.15, -0.1) is 0 Å². The second-order valence-corrected chi connectivity index (χ2v) is 11.1. The molecule has 1 saturated heterocycles. The number of nitrogens with one attached hydrogen (secondary N) is 1. The third-order valence-electron chi connectivity index (χ3n) is 5.15. The number of hydrogen-bond donors (Lipinski definition) is 1. The summed E-state index contributed by atoms with van der Waals surface area (Å²) in [7, 11) is -6.33. The van der Waals surface area contributed by atoms with Crippen molar-refractivity contribution in [1.29, 1.82) is 0 Å². The largest absolute Gasteiger partial charge is 0.385 e. The van der Waals surface area contributed by atoms with Gasteiger partial charge in [-0.25, -0.2) is 16.8 Å². The summed E-state index contributed by atoms with van der Waals surface area (Å²) in [6.07, 6.45) is 0.548. The van der Waals surface area contributed by atoms with E-state index < -0.39 is 32.0 Å². The molecule has 1 N–H and O–H groups in total. The molecule has 2 aromatic rings. The van der Waals surface area contributed by atoms with Crippen molar-refractivity contribution in [2.24, 2.45) is 0 Å². The smallest absolute Gasteiger partial charge is 0.243 e. The Balaban J connectivity index is 1.89. The summed E-state index contributed by atoms with van der Waals surface area (Å²) in [5.74, 6) is -0.548. The minimum absolute atomic E-state index is 0.0524. The summed E-state index contributed by atoms with van der Waals surface area (Å²) in [4.78, 5) is 13.1. The van der Waals surface area contributed by atoms with Gasteiger partial charge in [-0.2, -0.15) is 8.61 Å². The number of amides is 1. The molecule has 0 saturated carbocycles. The Bertz CT molecular complexity index is 1110. The van der Waals surface area contributed by atoms with Crippen LogP contribution in [-0.2, 0) is 29.6 Å². The molecule has 0 aromatic heterocycles. The van der Waals surface area contributed by atoms with Gasteiger partial charge in [-0.3, -0.25) is 4.79 Å². The van der Waals surface area contributed by atoms with Crippen LogP contribution in [0.25, 0.3) is 0 Å². The molecule has 11 heteroatoms. The number of rotatable bonds is 9. The number of benzene rings is 2. The van der Waals surface area contributed by atoms with Crippen molar-refractivity contribution in [3.63, 3.8) is 0 Å². The lowest BCUT2D eigenvalue weighted by Crippen LogP contribution is -2.61. The highest BCUT2D eigenvalue weighted by Crippen LogP contribution is 2.25. The average molecular weight is 482 g/mol. The van der Waals surface area contributed by atoms with Gasteiger partial charge in [0, 0.05) is 39.9 Å². The number of carbonyl (C=O) groups is 1. The topological polar surface area (TPSA) is 113 Å². The predicted molar refractivity (Wildman–Crippen MR) is 119 cm³/mol. The summed E-state index contributed by atoms with van der Waals surface area (Å²) in [5, 5.41) is 2.71. The van der Waals surface area contributed by atoms with Crippen molar-refractivity contribution in [3.8, 4) is 0 Å². The fourth-order valence-corrected chi connectivity index (χ4v) is 6.53. The van der Waals surface area contributed by atoms with Gasteiger partial charge in [-0.1, -0.05) is 36.4 Å². The first kappa shape index (κ1) is 24.3. The summed E-state index contributed by atoms with van der Waals surface area (Å²) in [6, 6.07) is 14.5. The fourth-order valence-electron chi connectivity index (χ4n) is 3.48. The number of carbonyl (C=O) groups excluding carboxylic acids is 1. The van der Waals surface area contributed by atoms with E-state index in [4.69, 9.17) is 4.74 Å². The van der Waals surface area contributed by atoms with Crippen molar-refractivity contribution in [3.05, 3.63) is 60.7 Å². The van der Waals surface area contributed by atoms with E-state index in [2.05, 4.69) is 5.32 Å². The van der Waals surface area contributed by atoms with Crippen molar-refractivity contribution >= 4 is 26.0 Å². The Labute approximate surface area is 189 Å². The van der Waals surface area contributed by atoms with Crippen molar-refractivity contribution < 1.29 is 26.4 Å². The fraction of sp³-hybridized carbons (Fsp3) is 0.381. The molecule has 0 bridgehead atoms. The lowest BCUT2D eigenvalue weighted by Gasteiger charge is -2.38. The summed E-state index contributed by atoms with van der Waals surface area (Å²) in [6.45, 7) is 0.245. The van der Waals surface area contributed by atoms with Crippen LogP contribution < -0.4 is 5.32 Å². The van der Waals surface area contributed by atoms with E-state index in [9.17, 15) is 21.6 Å². The minimum Gasteiger partial charge on any atom is -0.385 e. The number of ether oxygens (including phenoxy) is 1. The molecule has 1 heterocycles. The quantitative estimate of drug-likeness (QED) is 0.533. The van der Waals surface area contributed by atoms with Crippen molar-refractivity contribution in [1.82, 2.24) is 13.9 Å². The molecule has 2 aromatic carbocycles. The highest BCUT2D eigenvalue weighted by atomic mass is 32.2. The number of nitrogens with zero attached hydrogens (tertiary/aromatic N) is 2. The molecule has 3 rings (SSSR count). The Morgan fingerprint density at radius 3 is 2.06 bits per heavy atom. The van der Waals surface area contributed by atoms with Crippen molar-refractivity contribution in [2.75, 3.05) is 39.9 Å². The van der Waals surface area contributed by atoms with Gasteiger partial charge >= 0.3 is 0 Å². The molecule has 1 amide bonds. The van der Waals surface area contributed by atoms with Gasteiger partial charge in [0.05, 0.1) is 9.79 Å². The molecule has 1 aliphatic heterocycles. The third-order valence-corrected chi connectivity index (χ3v) is 8.95. The van der Waals surface area contributed by atoms with Crippen LogP contribution in [-0.4, -0.2) is 77.3 Å². The van der Waals surface area contributed by atoms with Crippen LogP contribution in [0.2, 0.25) is 0 Å². The van der Waals surface area contributed by atoms with Gasteiger partial charge in [0.1, 0.15) is 6.04 Å². The molecule has 9 nitrogen and oxygen atoms in total. The number of sulfonamides is 2. The van der Waals surface area contributed by atoms with Crippen LogP contribution in [0.15, 0.2) is 70.5 Å². The molecule has 1 fully saturated rings. The lowest BCUT2D eigenvalue weighted by molar-refractivity contribution is -0.125. The van der Waals surface area contributed by atoms with Crippen LogP contribution in [0, 0.1) is 0 Å². The van der Waals surface area contributed by atoms with Gasteiger partial charge in [0.25, 0.3) is 0 Å². The van der Waals surface area contributed by atoms with E-state index >= 15 is 0 Å². The zero-order valence-electron chi connectivity index (χ0n) is 17.8. The molecule has 0 aliphatic carbocycles. The SMILES string of the molecule is COCCCNC(=O)[C@H]1CN(S(=O)(=O)c2ccccc2)CCN1S(=O)(=O)c1ccccc1. The first-order valence-corrected chi connectivity index (χ1v) is 13.0. The van der Waals surface area contributed by atoms with E-state index in [1.807, 2.05) is 0 Å². The van der Waals surface area contributed by atoms with Gasteiger partial charge in [0.2, 0.25) is 26.0 Å². The monoisotopic (exact) mass is 481 g/mol. The van der Waals surface area contributed by atoms with E-state index in [-0.39, 0.29) is 36.0 Å². The zero-order chi connectivity index (χ0) is 23.2. The summed E-state index contributed by atoms with van der Waals surface area (Å²) in [5.41, 5.74) is 0. The molecule has 0 unspecified atom stereocenters. The summed E-state index contributed by atoms with van der Waals surface area (Å²) >= 11 is 0. The van der Waals surface area contributed by atoms with Gasteiger partial charge in [0.15, 0.2) is 0 Å². The Hall–Kier alpha value is -2.31. The maximum atomic E-state index is 13.3. The molecular formula is C21H27N3O6S2. The highest BCUT2D eigenvalue weighted by molar-refractivity contribution is 7.89. The van der Waals surface area contributed by atoms with Gasteiger partial charge < -0.3 is 10.1 Å². The van der Waals surface area contributed by atoms with Crippen LogP contribution in [0.3, 0.4) is 0 Å². The molecule has 0 spiro atoms. The van der Waals surface area contributed by atoms with E-state index in [0.29, 0.717) is 13.0 Å². The maximum absolute atomic E-state index is 13.3. The number of hydrogen-bond acceptors (Lipinski definition) is 6. The second-order valence-electron chi connectivity index (χ2n) is 7.26. The molecule has 1 atom stereocenters. The minimum atomic E-state index is -4.00. The first-order valence-electron chi connectivity index (χ1n) is 10.2. The molecular weight excluding hydrogens is 454 g/mol. The van der Waals surface area contributed by atoms with Crippen LogP contribution in [0.1, 0.15) is 6.42 Å². The van der Waals surface area contributed by atoms with E-state index in [1.165, 1.54) is 28.6 Å². The van der Waals surface area contributed by atoms with Crippen LogP contribution in [0.5, 0.6) is 0 Å². The predicted octanol–water partition coefficient (Wildman–Crippen LogP) is 0.903. The molecule has 174 valence electrons. The molecule has 1 aliphatic rings. The zero-order valence-corrected chi connectivity index (χ0v) is 19.4. The number of piperazine rings is 1. The first-order chi connectivity index (χ1) is 15.3. The average Bonchev–Trinajstić information content (AvgIpc) is 2.82. The summed E-state index contributed by atoms with van der Waals surface area (Å²) < 4.78 is 59.9. The van der Waals surface area contributed by atoms with Crippen LogP contribution in [0.4, 0.5) is 0 Å². The standard InChI is InChI=1S/C21H27N3O6S2/c1-30-16-8-13-22-21(25)20-17-23(31(26,27)18-9-4-2-5-10-18)14-15-24(20)32(28,29)19-11-6-3-7-12-19/h2-7,9-12,20H,8,13-17H2,1H3,(H,22,25)/t20-/m1/s1. The highest BCUT2D eigenvalue weighted by Gasteiger charge is 2.43. The maximum Gasteiger partial charge on any atom is 0.243 e. The molecule has 0 radical (unpaired) electrons. The Kier molecular flexibility index (Phi) is 8.01. The molecule has 32 heavy (non-hydrogen) atoms. The lowest BCUT2D eigenvalue weighted by atomic mass is 10.2. The third kappa shape index (κ3) is 5.36. The second kappa shape index (κ2) is 10.5. The van der Waals surface area contributed by atoms with Gasteiger partial charge in [-0.05, 0) is 30.7 Å². The normalized spacial score (nSPS) is 18.3. The number of methoxy groups -OCH3 is 1. The van der Waals surface area contributed by atoms with Crippen LogP contribution >= 0.6 is 0 Å². The van der Waals surface area contributed by atoms with E-state index in [0.717, 1.165) is 4.31 Å². The van der Waals surface area contributed by atoms with E-state index in [1.54, 1.807) is 43.5 Å². The Morgan fingerprint density at radius 1 is 0.938 bits per heavy atom.